The van der Waals surface area contributed by atoms with Gasteiger partial charge in [0.2, 0.25) is 0 Å². The molecule has 0 saturated carbocycles. The van der Waals surface area contributed by atoms with Gasteiger partial charge in [0.15, 0.2) is 5.96 Å². The Morgan fingerprint density at radius 3 is 2.61 bits per heavy atom. The van der Waals surface area contributed by atoms with Crippen LogP contribution in [0, 0.1) is 5.82 Å². The van der Waals surface area contributed by atoms with Gasteiger partial charge in [-0.25, -0.2) is 4.39 Å². The molecule has 2 aromatic rings. The number of aryl methyl sites for hydroxylation is 1. The van der Waals surface area contributed by atoms with E-state index in [1.165, 1.54) is 5.56 Å². The summed E-state index contributed by atoms with van der Waals surface area (Å²) in [5.74, 6) is 0.734. The van der Waals surface area contributed by atoms with Gasteiger partial charge < -0.3 is 10.2 Å². The standard InChI is InChI=1S/C19H26BrFN6.HI/c1-22-19(23-6-5-16-12-24-25(2)13-16)27-9-7-26(8-10-27)14-15-3-4-17(20)18(21)11-15;/h3-4,11-13H,5-10,14H2,1-2H3,(H,22,23);1H. The molecule has 0 bridgehead atoms. The summed E-state index contributed by atoms with van der Waals surface area (Å²) >= 11 is 3.20. The van der Waals surface area contributed by atoms with E-state index in [0.29, 0.717) is 4.47 Å². The lowest BCUT2D eigenvalue weighted by molar-refractivity contribution is 0.172. The number of nitrogens with one attached hydrogen (secondary N) is 1. The van der Waals surface area contributed by atoms with E-state index in [2.05, 4.69) is 41.1 Å². The van der Waals surface area contributed by atoms with Crippen molar-refractivity contribution < 1.29 is 4.39 Å². The number of aromatic nitrogens is 2. The molecule has 1 aliphatic rings. The van der Waals surface area contributed by atoms with Crippen LogP contribution in [0.2, 0.25) is 0 Å². The summed E-state index contributed by atoms with van der Waals surface area (Å²) in [7, 11) is 3.75. The quantitative estimate of drug-likeness (QED) is 0.345. The van der Waals surface area contributed by atoms with Crippen LogP contribution in [-0.2, 0) is 20.0 Å². The summed E-state index contributed by atoms with van der Waals surface area (Å²) in [6.45, 7) is 5.28. The van der Waals surface area contributed by atoms with E-state index in [-0.39, 0.29) is 29.8 Å². The number of halogens is 3. The van der Waals surface area contributed by atoms with Gasteiger partial charge in [-0.05, 0) is 45.6 Å². The predicted molar refractivity (Wildman–Crippen MR) is 125 cm³/mol. The van der Waals surface area contributed by atoms with Crippen LogP contribution in [0.4, 0.5) is 4.39 Å². The Morgan fingerprint density at radius 2 is 2.00 bits per heavy atom. The van der Waals surface area contributed by atoms with Crippen molar-refractivity contribution in [3.05, 3.63) is 52.0 Å². The highest BCUT2D eigenvalue weighted by molar-refractivity contribution is 14.0. The van der Waals surface area contributed by atoms with Crippen molar-refractivity contribution in [2.45, 2.75) is 13.0 Å². The van der Waals surface area contributed by atoms with E-state index >= 15 is 0 Å². The molecule has 0 atom stereocenters. The Balaban J connectivity index is 0.00000280. The van der Waals surface area contributed by atoms with E-state index in [9.17, 15) is 4.39 Å². The first-order chi connectivity index (χ1) is 13.0. The maximum atomic E-state index is 13.7. The van der Waals surface area contributed by atoms with Gasteiger partial charge in [-0.3, -0.25) is 14.6 Å². The van der Waals surface area contributed by atoms with Crippen LogP contribution in [0.3, 0.4) is 0 Å². The first kappa shape index (κ1) is 23.1. The van der Waals surface area contributed by atoms with E-state index < -0.39 is 0 Å². The maximum absolute atomic E-state index is 13.7. The summed E-state index contributed by atoms with van der Waals surface area (Å²) < 4.78 is 16.0. The molecule has 0 spiro atoms. The third-order valence-corrected chi connectivity index (χ3v) is 5.37. The fourth-order valence-electron chi connectivity index (χ4n) is 3.27. The predicted octanol–water partition coefficient (Wildman–Crippen LogP) is 2.88. The zero-order chi connectivity index (χ0) is 19.2. The topological polar surface area (TPSA) is 48.7 Å². The molecular weight excluding hydrogens is 538 g/mol. The molecule has 1 aliphatic heterocycles. The van der Waals surface area contributed by atoms with E-state index in [1.54, 1.807) is 12.1 Å². The molecule has 0 unspecified atom stereocenters. The van der Waals surface area contributed by atoms with Crippen LogP contribution in [0.25, 0.3) is 0 Å². The van der Waals surface area contributed by atoms with Crippen molar-refractivity contribution >= 4 is 45.9 Å². The minimum atomic E-state index is -0.204. The lowest BCUT2D eigenvalue weighted by atomic mass is 10.2. The van der Waals surface area contributed by atoms with Crippen LogP contribution in [0.5, 0.6) is 0 Å². The molecule has 6 nitrogen and oxygen atoms in total. The third kappa shape index (κ3) is 6.41. The highest BCUT2D eigenvalue weighted by atomic mass is 127. The average Bonchev–Trinajstić information content (AvgIpc) is 3.08. The summed E-state index contributed by atoms with van der Waals surface area (Å²) in [5.41, 5.74) is 2.22. The minimum Gasteiger partial charge on any atom is -0.356 e. The van der Waals surface area contributed by atoms with Gasteiger partial charge in [0.25, 0.3) is 0 Å². The number of aliphatic imine (C=N–C) groups is 1. The van der Waals surface area contributed by atoms with Gasteiger partial charge in [-0.15, -0.1) is 24.0 Å². The third-order valence-electron chi connectivity index (χ3n) is 4.73. The van der Waals surface area contributed by atoms with Crippen LogP contribution in [-0.4, -0.2) is 65.3 Å². The number of benzene rings is 1. The van der Waals surface area contributed by atoms with Crippen LogP contribution in [0.1, 0.15) is 11.1 Å². The van der Waals surface area contributed by atoms with Crippen molar-refractivity contribution in [3.63, 3.8) is 0 Å². The zero-order valence-electron chi connectivity index (χ0n) is 16.2. The van der Waals surface area contributed by atoms with Crippen molar-refractivity contribution in [1.29, 1.82) is 0 Å². The molecule has 9 heteroatoms. The lowest BCUT2D eigenvalue weighted by Crippen LogP contribution is -2.52. The second-order valence-corrected chi connectivity index (χ2v) is 7.61. The molecule has 0 aliphatic carbocycles. The molecule has 3 rings (SSSR count). The summed E-state index contributed by atoms with van der Waals surface area (Å²) in [6, 6.07) is 5.35. The van der Waals surface area contributed by atoms with Crippen molar-refractivity contribution in [2.24, 2.45) is 12.0 Å². The Kier molecular flexibility index (Phi) is 9.16. The Morgan fingerprint density at radius 1 is 1.25 bits per heavy atom. The van der Waals surface area contributed by atoms with Gasteiger partial charge in [0.1, 0.15) is 5.82 Å². The summed E-state index contributed by atoms with van der Waals surface area (Å²) in [6.07, 6.45) is 4.85. The SMILES string of the molecule is CN=C(NCCc1cnn(C)c1)N1CCN(Cc2ccc(Br)c(F)c2)CC1.I. The molecule has 28 heavy (non-hydrogen) atoms. The molecule has 2 heterocycles. The molecule has 1 fully saturated rings. The first-order valence-electron chi connectivity index (χ1n) is 9.14. The number of guanidine groups is 1. The summed E-state index contributed by atoms with van der Waals surface area (Å²) in [4.78, 5) is 9.04. The Hall–Kier alpha value is -1.20. The Bertz CT molecular complexity index is 788. The van der Waals surface area contributed by atoms with Crippen molar-refractivity contribution in [1.82, 2.24) is 24.9 Å². The number of nitrogens with zero attached hydrogens (tertiary/aromatic N) is 5. The second kappa shape index (κ2) is 11.1. The second-order valence-electron chi connectivity index (χ2n) is 6.76. The van der Waals surface area contributed by atoms with Gasteiger partial charge in [0.05, 0.1) is 10.7 Å². The molecule has 0 amide bonds. The highest BCUT2D eigenvalue weighted by Gasteiger charge is 2.19. The van der Waals surface area contributed by atoms with Crippen LogP contribution < -0.4 is 5.32 Å². The fraction of sp³-hybridized carbons (Fsp3) is 0.474. The molecule has 1 aromatic carbocycles. The smallest absolute Gasteiger partial charge is 0.193 e. The minimum absolute atomic E-state index is 0. The lowest BCUT2D eigenvalue weighted by Gasteiger charge is -2.36. The van der Waals surface area contributed by atoms with E-state index in [1.807, 2.05) is 37.2 Å². The normalized spacial score (nSPS) is 15.4. The zero-order valence-corrected chi connectivity index (χ0v) is 20.2. The van der Waals surface area contributed by atoms with Gasteiger partial charge >= 0.3 is 0 Å². The molecule has 1 saturated heterocycles. The molecule has 154 valence electrons. The molecular formula is C19H27BrFIN6. The Labute approximate surface area is 191 Å². The maximum Gasteiger partial charge on any atom is 0.193 e. The number of hydrogen-bond donors (Lipinski definition) is 1. The number of hydrogen-bond acceptors (Lipinski definition) is 3. The van der Waals surface area contributed by atoms with Gasteiger partial charge in [-0.2, -0.15) is 5.10 Å². The average molecular weight is 565 g/mol. The summed E-state index contributed by atoms with van der Waals surface area (Å²) in [5, 5.41) is 7.63. The van der Waals surface area contributed by atoms with Crippen molar-refractivity contribution in [2.75, 3.05) is 39.8 Å². The fourth-order valence-corrected chi connectivity index (χ4v) is 3.51. The van der Waals surface area contributed by atoms with E-state index in [4.69, 9.17) is 0 Å². The molecule has 1 aromatic heterocycles. The van der Waals surface area contributed by atoms with Crippen molar-refractivity contribution in [3.8, 4) is 0 Å². The molecule has 1 N–H and O–H groups in total. The monoisotopic (exact) mass is 564 g/mol. The highest BCUT2D eigenvalue weighted by Crippen LogP contribution is 2.18. The molecule has 0 radical (unpaired) electrons. The largest absolute Gasteiger partial charge is 0.356 e. The van der Waals surface area contributed by atoms with Gasteiger partial charge in [0, 0.05) is 59.6 Å². The van der Waals surface area contributed by atoms with Gasteiger partial charge in [-0.1, -0.05) is 6.07 Å². The number of piperazine rings is 1. The van der Waals surface area contributed by atoms with Crippen LogP contribution in [0.15, 0.2) is 40.1 Å². The first-order valence-corrected chi connectivity index (χ1v) is 9.94. The van der Waals surface area contributed by atoms with Crippen LogP contribution >= 0.6 is 39.9 Å². The number of rotatable bonds is 5. The van der Waals surface area contributed by atoms with E-state index in [0.717, 1.165) is 57.2 Å².